The Morgan fingerprint density at radius 3 is 2.94 bits per heavy atom. The van der Waals surface area contributed by atoms with Gasteiger partial charge in [-0.3, -0.25) is 0 Å². The average molecular weight is 281 g/mol. The summed E-state index contributed by atoms with van der Waals surface area (Å²) in [6.45, 7) is 1.92. The van der Waals surface area contributed by atoms with E-state index in [0.29, 0.717) is 10.5 Å². The summed E-state index contributed by atoms with van der Waals surface area (Å²) in [5.74, 6) is -0.144. The number of nitrogens with two attached hydrogens (primary N) is 1. The Bertz CT molecular complexity index is 583. The van der Waals surface area contributed by atoms with E-state index < -0.39 is 5.97 Å². The first-order valence-electron chi connectivity index (χ1n) is 5.04. The lowest BCUT2D eigenvalue weighted by Crippen LogP contribution is -2.05. The van der Waals surface area contributed by atoms with Gasteiger partial charge in [-0.05, 0) is 13.0 Å². The number of thiazole rings is 1. The highest BCUT2D eigenvalue weighted by Crippen LogP contribution is 2.33. The van der Waals surface area contributed by atoms with Crippen LogP contribution in [0, 0.1) is 6.92 Å². The first kappa shape index (κ1) is 12.8. The fourth-order valence-corrected chi connectivity index (χ4v) is 3.15. The zero-order valence-corrected chi connectivity index (χ0v) is 11.5. The van der Waals surface area contributed by atoms with Gasteiger partial charge in [-0.1, -0.05) is 11.8 Å². The van der Waals surface area contributed by atoms with Crippen LogP contribution in [0.1, 0.15) is 16.1 Å². The molecule has 0 amide bonds. The normalized spacial score (nSPS) is 10.3. The molecule has 0 bridgehead atoms. The van der Waals surface area contributed by atoms with Crippen LogP contribution in [0.5, 0.6) is 0 Å². The van der Waals surface area contributed by atoms with Crippen LogP contribution >= 0.6 is 23.1 Å². The van der Waals surface area contributed by atoms with Crippen molar-refractivity contribution >= 4 is 34.9 Å². The van der Waals surface area contributed by atoms with Gasteiger partial charge >= 0.3 is 5.97 Å². The second-order valence-corrected chi connectivity index (χ2v) is 5.60. The van der Waals surface area contributed by atoms with E-state index >= 15 is 0 Å². The Kier molecular flexibility index (Phi) is 3.83. The van der Waals surface area contributed by atoms with E-state index in [1.807, 2.05) is 12.3 Å². The molecule has 0 atom stereocenters. The summed E-state index contributed by atoms with van der Waals surface area (Å²) in [5, 5.41) is 1.95. The number of pyridine rings is 1. The van der Waals surface area contributed by atoms with Gasteiger partial charge in [0.05, 0.1) is 12.7 Å². The Hall–Kier alpha value is -1.60. The minimum atomic E-state index is -0.431. The van der Waals surface area contributed by atoms with Gasteiger partial charge in [0, 0.05) is 22.2 Å². The van der Waals surface area contributed by atoms with Gasteiger partial charge in [-0.25, -0.2) is 14.8 Å². The number of carbonyl (C=O) groups is 1. The van der Waals surface area contributed by atoms with Crippen molar-refractivity contribution in [3.05, 3.63) is 28.9 Å². The highest BCUT2D eigenvalue weighted by Gasteiger charge is 2.15. The van der Waals surface area contributed by atoms with Crippen LogP contribution in [0.2, 0.25) is 0 Å². The molecule has 0 spiro atoms. The van der Waals surface area contributed by atoms with Gasteiger partial charge in [0.2, 0.25) is 0 Å². The highest BCUT2D eigenvalue weighted by molar-refractivity contribution is 8.01. The summed E-state index contributed by atoms with van der Waals surface area (Å²) in [5.41, 5.74) is 6.93. The fourth-order valence-electron chi connectivity index (χ4n) is 1.28. The Balaban J connectivity index is 2.35. The van der Waals surface area contributed by atoms with Crippen molar-refractivity contribution < 1.29 is 9.53 Å². The van der Waals surface area contributed by atoms with Crippen molar-refractivity contribution in [2.24, 2.45) is 0 Å². The molecule has 0 aromatic carbocycles. The van der Waals surface area contributed by atoms with Crippen LogP contribution in [-0.4, -0.2) is 23.0 Å². The monoisotopic (exact) mass is 281 g/mol. The molecule has 0 radical (unpaired) electrons. The molecule has 2 heterocycles. The molecule has 0 aliphatic rings. The second-order valence-electron chi connectivity index (χ2n) is 3.45. The van der Waals surface area contributed by atoms with Gasteiger partial charge in [-0.2, -0.15) is 0 Å². The smallest absolute Gasteiger partial charge is 0.339 e. The number of rotatable bonds is 3. The quantitative estimate of drug-likeness (QED) is 0.870. The number of nitrogen functional groups attached to an aromatic ring is 1. The molecule has 0 aliphatic heterocycles. The van der Waals surface area contributed by atoms with Gasteiger partial charge in [-0.15, -0.1) is 11.3 Å². The summed E-state index contributed by atoms with van der Waals surface area (Å²) < 4.78 is 5.57. The second kappa shape index (κ2) is 5.36. The van der Waals surface area contributed by atoms with E-state index in [9.17, 15) is 4.79 Å². The van der Waals surface area contributed by atoms with E-state index in [0.717, 1.165) is 10.0 Å². The number of hydrogen-bond donors (Lipinski definition) is 1. The largest absolute Gasteiger partial charge is 0.465 e. The van der Waals surface area contributed by atoms with Crippen LogP contribution in [0.15, 0.2) is 26.9 Å². The van der Waals surface area contributed by atoms with Gasteiger partial charge in [0.1, 0.15) is 5.82 Å². The first-order chi connectivity index (χ1) is 8.60. The molecule has 0 saturated heterocycles. The van der Waals surface area contributed by atoms with Gasteiger partial charge < -0.3 is 10.5 Å². The fraction of sp³-hybridized carbons (Fsp3) is 0.182. The summed E-state index contributed by atoms with van der Waals surface area (Å²) in [7, 11) is 1.33. The number of ether oxygens (including phenoxy) is 1. The molecule has 7 heteroatoms. The third kappa shape index (κ3) is 2.80. The van der Waals surface area contributed by atoms with Crippen molar-refractivity contribution in [3.63, 3.8) is 0 Å². The highest BCUT2D eigenvalue weighted by atomic mass is 32.2. The van der Waals surface area contributed by atoms with Crippen molar-refractivity contribution in [3.8, 4) is 0 Å². The maximum atomic E-state index is 11.6. The van der Waals surface area contributed by atoms with E-state index in [2.05, 4.69) is 9.97 Å². The van der Waals surface area contributed by atoms with Crippen molar-refractivity contribution in [1.82, 2.24) is 9.97 Å². The Morgan fingerprint density at radius 1 is 1.56 bits per heavy atom. The minimum absolute atomic E-state index is 0.287. The van der Waals surface area contributed by atoms with E-state index in [1.165, 1.54) is 36.3 Å². The lowest BCUT2D eigenvalue weighted by Gasteiger charge is -2.06. The van der Waals surface area contributed by atoms with Crippen LogP contribution in [0.25, 0.3) is 0 Å². The molecule has 94 valence electrons. The molecule has 0 fully saturated rings. The standard InChI is InChI=1S/C11H11N3O2S2/c1-6-5-17-11(14-6)18-8-4-13-9(12)3-7(8)10(15)16-2/h3-5H,1-2H3,(H2,12,13). The molecule has 2 rings (SSSR count). The third-order valence-electron chi connectivity index (χ3n) is 2.09. The number of aromatic nitrogens is 2. The van der Waals surface area contributed by atoms with Crippen LogP contribution in [0.4, 0.5) is 5.82 Å². The number of carbonyl (C=O) groups excluding carboxylic acids is 1. The number of anilines is 1. The molecule has 2 aromatic heterocycles. The van der Waals surface area contributed by atoms with Crippen LogP contribution in [0.3, 0.4) is 0 Å². The molecule has 18 heavy (non-hydrogen) atoms. The van der Waals surface area contributed by atoms with Crippen LogP contribution < -0.4 is 5.73 Å². The minimum Gasteiger partial charge on any atom is -0.465 e. The summed E-state index contributed by atoms with van der Waals surface area (Å²) in [4.78, 5) is 20.6. The van der Waals surface area contributed by atoms with Crippen molar-refractivity contribution in [2.45, 2.75) is 16.2 Å². The topological polar surface area (TPSA) is 78.1 Å². The summed E-state index contributed by atoms with van der Waals surface area (Å²) in [6.07, 6.45) is 1.56. The number of esters is 1. The lowest BCUT2D eigenvalue weighted by molar-refractivity contribution is 0.0596. The van der Waals surface area contributed by atoms with E-state index in [-0.39, 0.29) is 5.82 Å². The molecular formula is C11H11N3O2S2. The summed E-state index contributed by atoms with van der Waals surface area (Å²) in [6, 6.07) is 1.51. The average Bonchev–Trinajstić information content (AvgIpc) is 2.76. The molecule has 0 unspecified atom stereocenters. The number of aryl methyl sites for hydroxylation is 1. The molecule has 5 nitrogen and oxygen atoms in total. The van der Waals surface area contributed by atoms with Crippen LogP contribution in [-0.2, 0) is 4.74 Å². The van der Waals surface area contributed by atoms with Gasteiger partial charge in [0.25, 0.3) is 0 Å². The Morgan fingerprint density at radius 2 is 2.33 bits per heavy atom. The Labute approximate surface area is 112 Å². The molecule has 2 N–H and O–H groups in total. The zero-order chi connectivity index (χ0) is 13.1. The maximum absolute atomic E-state index is 11.6. The predicted molar refractivity (Wildman–Crippen MR) is 71.0 cm³/mol. The van der Waals surface area contributed by atoms with Gasteiger partial charge in [0.15, 0.2) is 4.34 Å². The molecule has 0 aliphatic carbocycles. The zero-order valence-electron chi connectivity index (χ0n) is 9.84. The lowest BCUT2D eigenvalue weighted by atomic mass is 10.2. The molecular weight excluding hydrogens is 270 g/mol. The number of nitrogens with zero attached hydrogens (tertiary/aromatic N) is 2. The maximum Gasteiger partial charge on any atom is 0.339 e. The van der Waals surface area contributed by atoms with Crippen molar-refractivity contribution in [2.75, 3.05) is 12.8 Å². The SMILES string of the molecule is COC(=O)c1cc(N)ncc1Sc1nc(C)cs1. The number of methoxy groups -OCH3 is 1. The predicted octanol–water partition coefficient (Wildman–Crippen LogP) is 2.37. The van der Waals surface area contributed by atoms with Crippen molar-refractivity contribution in [1.29, 1.82) is 0 Å². The summed E-state index contributed by atoms with van der Waals surface area (Å²) >= 11 is 2.89. The van der Waals surface area contributed by atoms with E-state index in [4.69, 9.17) is 10.5 Å². The third-order valence-corrected chi connectivity index (χ3v) is 4.19. The molecule has 2 aromatic rings. The van der Waals surface area contributed by atoms with E-state index in [1.54, 1.807) is 6.20 Å². The first-order valence-corrected chi connectivity index (χ1v) is 6.73. The molecule has 0 saturated carbocycles. The number of hydrogen-bond acceptors (Lipinski definition) is 7.